The number of ketones is 1. The van der Waals surface area contributed by atoms with E-state index in [1.807, 2.05) is 6.07 Å². The van der Waals surface area contributed by atoms with Crippen molar-refractivity contribution in [3.8, 4) is 17.6 Å². The van der Waals surface area contributed by atoms with Crippen LogP contribution < -0.4 is 4.74 Å². The fourth-order valence-electron chi connectivity index (χ4n) is 1.62. The first-order valence-electron chi connectivity index (χ1n) is 5.58. The minimum absolute atomic E-state index is 0.169. The number of carbonyl (C=O) groups is 1. The Kier molecular flexibility index (Phi) is 3.58. The van der Waals surface area contributed by atoms with Gasteiger partial charge in [-0.25, -0.2) is 4.39 Å². The molecule has 0 aliphatic carbocycles. The number of ether oxygens (including phenoxy) is 1. The van der Waals surface area contributed by atoms with Crippen molar-refractivity contribution in [2.24, 2.45) is 0 Å². The molecule has 0 radical (unpaired) electrons. The van der Waals surface area contributed by atoms with Gasteiger partial charge in [-0.2, -0.15) is 5.26 Å². The molecule has 0 unspecified atom stereocenters. The first-order chi connectivity index (χ1) is 9.10. The second-order valence-electron chi connectivity index (χ2n) is 3.94. The molecule has 2 aromatic carbocycles. The molecule has 0 N–H and O–H groups in total. The number of Topliss-reactive ketones (excluding diaryl/α,β-unsaturated/α-hetero) is 1. The number of nitrogens with zero attached hydrogens (tertiary/aromatic N) is 1. The monoisotopic (exact) mass is 255 g/mol. The maximum absolute atomic E-state index is 13.1. The van der Waals surface area contributed by atoms with Crippen LogP contribution in [-0.4, -0.2) is 5.78 Å². The average Bonchev–Trinajstić information content (AvgIpc) is 2.41. The molecule has 0 amide bonds. The Morgan fingerprint density at radius 1 is 1.26 bits per heavy atom. The minimum atomic E-state index is -0.497. The van der Waals surface area contributed by atoms with Crippen LogP contribution >= 0.6 is 0 Å². The van der Waals surface area contributed by atoms with Crippen molar-refractivity contribution in [2.45, 2.75) is 6.92 Å². The third-order valence-electron chi connectivity index (χ3n) is 2.51. The number of halogens is 1. The summed E-state index contributed by atoms with van der Waals surface area (Å²) in [5, 5.41) is 8.80. The molecule has 0 spiro atoms. The lowest BCUT2D eigenvalue weighted by atomic mass is 10.1. The number of hydrogen-bond acceptors (Lipinski definition) is 3. The number of rotatable bonds is 3. The summed E-state index contributed by atoms with van der Waals surface area (Å²) in [6.45, 7) is 1.34. The Labute approximate surface area is 109 Å². The second-order valence-corrected chi connectivity index (χ2v) is 3.94. The molecular formula is C15H10FNO2. The molecular weight excluding hydrogens is 245 g/mol. The molecule has 0 bridgehead atoms. The van der Waals surface area contributed by atoms with Gasteiger partial charge in [-0.1, -0.05) is 6.07 Å². The maximum atomic E-state index is 13.1. The Hall–Kier alpha value is -2.67. The van der Waals surface area contributed by atoms with Crippen molar-refractivity contribution in [3.63, 3.8) is 0 Å². The van der Waals surface area contributed by atoms with E-state index in [9.17, 15) is 9.18 Å². The summed E-state index contributed by atoms with van der Waals surface area (Å²) in [6.07, 6.45) is 0. The molecule has 0 atom stereocenters. The molecule has 0 aromatic heterocycles. The van der Waals surface area contributed by atoms with E-state index in [1.165, 1.54) is 19.1 Å². The molecule has 4 heteroatoms. The smallest absolute Gasteiger partial charge is 0.163 e. The molecule has 0 aliphatic rings. The van der Waals surface area contributed by atoms with Crippen LogP contribution in [-0.2, 0) is 0 Å². The summed E-state index contributed by atoms with van der Waals surface area (Å²) in [5.41, 5.74) is 0.617. The highest BCUT2D eigenvalue weighted by Crippen LogP contribution is 2.27. The SMILES string of the molecule is CC(=O)c1cc(F)ccc1Oc1cccc(C#N)c1. The standard InChI is InChI=1S/C15H10FNO2/c1-10(18)14-8-12(16)5-6-15(14)19-13-4-2-3-11(7-13)9-17/h2-8H,1H3. The van der Waals surface area contributed by atoms with Crippen LogP contribution in [0.4, 0.5) is 4.39 Å². The van der Waals surface area contributed by atoms with Gasteiger partial charge in [-0.15, -0.1) is 0 Å². The van der Waals surface area contributed by atoms with Gasteiger partial charge < -0.3 is 4.74 Å². The Morgan fingerprint density at radius 2 is 2.05 bits per heavy atom. The highest BCUT2D eigenvalue weighted by atomic mass is 19.1. The van der Waals surface area contributed by atoms with Crippen LogP contribution in [0.3, 0.4) is 0 Å². The fraction of sp³-hybridized carbons (Fsp3) is 0.0667. The van der Waals surface area contributed by atoms with Crippen LogP contribution in [0.5, 0.6) is 11.5 Å². The van der Waals surface area contributed by atoms with Gasteiger partial charge in [-0.3, -0.25) is 4.79 Å². The highest BCUT2D eigenvalue weighted by Gasteiger charge is 2.11. The molecule has 0 fully saturated rings. The Morgan fingerprint density at radius 3 is 2.74 bits per heavy atom. The zero-order valence-electron chi connectivity index (χ0n) is 10.2. The summed E-state index contributed by atoms with van der Waals surface area (Å²) in [5.74, 6) is -0.0913. The van der Waals surface area contributed by atoms with E-state index in [4.69, 9.17) is 10.00 Å². The van der Waals surface area contributed by atoms with Crippen LogP contribution in [0, 0.1) is 17.1 Å². The third kappa shape index (κ3) is 2.96. The van der Waals surface area contributed by atoms with E-state index in [1.54, 1.807) is 24.3 Å². The molecule has 94 valence electrons. The topological polar surface area (TPSA) is 50.1 Å². The average molecular weight is 255 g/mol. The molecule has 3 nitrogen and oxygen atoms in total. The number of nitriles is 1. The molecule has 0 saturated heterocycles. The summed E-state index contributed by atoms with van der Waals surface area (Å²) >= 11 is 0. The number of hydrogen-bond donors (Lipinski definition) is 0. The lowest BCUT2D eigenvalue weighted by Gasteiger charge is -2.09. The quantitative estimate of drug-likeness (QED) is 0.786. The normalized spacial score (nSPS) is 9.74. The third-order valence-corrected chi connectivity index (χ3v) is 2.51. The van der Waals surface area contributed by atoms with Gasteiger partial charge >= 0.3 is 0 Å². The fourth-order valence-corrected chi connectivity index (χ4v) is 1.62. The number of benzene rings is 2. The lowest BCUT2D eigenvalue weighted by Crippen LogP contribution is -1.98. The Bertz CT molecular complexity index is 674. The molecule has 2 aromatic rings. The lowest BCUT2D eigenvalue weighted by molar-refractivity contribution is 0.101. The van der Waals surface area contributed by atoms with E-state index in [2.05, 4.69) is 0 Å². The van der Waals surface area contributed by atoms with Gasteiger partial charge in [0, 0.05) is 0 Å². The van der Waals surface area contributed by atoms with E-state index in [0.29, 0.717) is 11.3 Å². The van der Waals surface area contributed by atoms with Crippen LogP contribution in [0.15, 0.2) is 42.5 Å². The first-order valence-corrected chi connectivity index (χ1v) is 5.58. The van der Waals surface area contributed by atoms with Crippen LogP contribution in [0.2, 0.25) is 0 Å². The first kappa shape index (κ1) is 12.8. The predicted molar refractivity (Wildman–Crippen MR) is 67.6 cm³/mol. The van der Waals surface area contributed by atoms with Gasteiger partial charge in [0.05, 0.1) is 17.2 Å². The van der Waals surface area contributed by atoms with Crippen molar-refractivity contribution >= 4 is 5.78 Å². The summed E-state index contributed by atoms with van der Waals surface area (Å²) < 4.78 is 18.6. The van der Waals surface area contributed by atoms with Crippen molar-refractivity contribution in [1.29, 1.82) is 5.26 Å². The summed E-state index contributed by atoms with van der Waals surface area (Å²) in [6, 6.07) is 12.3. The van der Waals surface area contributed by atoms with Crippen molar-refractivity contribution in [3.05, 3.63) is 59.4 Å². The molecule has 19 heavy (non-hydrogen) atoms. The van der Waals surface area contributed by atoms with Crippen LogP contribution in [0.25, 0.3) is 0 Å². The Balaban J connectivity index is 2.38. The summed E-state index contributed by atoms with van der Waals surface area (Å²) in [4.78, 5) is 11.4. The van der Waals surface area contributed by atoms with Gasteiger partial charge in [0.1, 0.15) is 17.3 Å². The van der Waals surface area contributed by atoms with Gasteiger partial charge in [0.15, 0.2) is 5.78 Å². The molecule has 0 saturated carbocycles. The predicted octanol–water partition coefficient (Wildman–Crippen LogP) is 3.69. The van der Waals surface area contributed by atoms with Crippen LogP contribution in [0.1, 0.15) is 22.8 Å². The molecule has 2 rings (SSSR count). The van der Waals surface area contributed by atoms with E-state index >= 15 is 0 Å². The van der Waals surface area contributed by atoms with Gasteiger partial charge in [0.25, 0.3) is 0 Å². The second kappa shape index (κ2) is 5.32. The van der Waals surface area contributed by atoms with Gasteiger partial charge in [0.2, 0.25) is 0 Å². The van der Waals surface area contributed by atoms with Gasteiger partial charge in [-0.05, 0) is 43.3 Å². The molecule has 0 heterocycles. The van der Waals surface area contributed by atoms with Crippen molar-refractivity contribution in [1.82, 2.24) is 0 Å². The van der Waals surface area contributed by atoms with Crippen molar-refractivity contribution in [2.75, 3.05) is 0 Å². The highest BCUT2D eigenvalue weighted by molar-refractivity contribution is 5.96. The van der Waals surface area contributed by atoms with E-state index < -0.39 is 5.82 Å². The molecule has 0 aliphatic heterocycles. The number of carbonyl (C=O) groups excluding carboxylic acids is 1. The van der Waals surface area contributed by atoms with Crippen molar-refractivity contribution < 1.29 is 13.9 Å². The van der Waals surface area contributed by atoms with E-state index in [-0.39, 0.29) is 17.1 Å². The largest absolute Gasteiger partial charge is 0.457 e. The van der Waals surface area contributed by atoms with E-state index in [0.717, 1.165) is 6.07 Å². The maximum Gasteiger partial charge on any atom is 0.163 e. The minimum Gasteiger partial charge on any atom is -0.457 e. The summed E-state index contributed by atoms with van der Waals surface area (Å²) in [7, 11) is 0. The zero-order chi connectivity index (χ0) is 13.8. The zero-order valence-corrected chi connectivity index (χ0v) is 10.2.